The van der Waals surface area contributed by atoms with E-state index in [0.29, 0.717) is 0 Å². The van der Waals surface area contributed by atoms with Crippen molar-refractivity contribution in [2.24, 2.45) is 0 Å². The normalized spacial score (nSPS) is 10.5. The molecule has 0 bridgehead atoms. The second-order valence-corrected chi connectivity index (χ2v) is 5.80. The van der Waals surface area contributed by atoms with Gasteiger partial charge in [0.2, 0.25) is 0 Å². The van der Waals surface area contributed by atoms with Crippen molar-refractivity contribution in [3.63, 3.8) is 0 Å². The summed E-state index contributed by atoms with van der Waals surface area (Å²) in [6.45, 7) is 5.85. The van der Waals surface area contributed by atoms with Gasteiger partial charge in [0.05, 0.1) is 0 Å². The zero-order valence-corrected chi connectivity index (χ0v) is 8.13. The smallest absolute Gasteiger partial charge is 0.457 e. The Morgan fingerprint density at radius 3 is 1.45 bits per heavy atom. The average Bonchev–Trinajstić information content (AvgIpc) is 1.53. The van der Waals surface area contributed by atoms with Crippen molar-refractivity contribution in [2.75, 3.05) is 0 Å². The van der Waals surface area contributed by atoms with E-state index in [1.54, 1.807) is 13.1 Å². The molecule has 0 amide bonds. The molecule has 0 radical (unpaired) electrons. The second-order valence-electron chi connectivity index (χ2n) is 2.59. The summed E-state index contributed by atoms with van der Waals surface area (Å²) in [6, 6.07) is 0. The number of hydrogen-bond acceptors (Lipinski definition) is 4. The van der Waals surface area contributed by atoms with Crippen molar-refractivity contribution < 1.29 is 18.4 Å². The first-order chi connectivity index (χ1) is 4.83. The molecule has 0 unspecified atom stereocenters. The van der Waals surface area contributed by atoms with E-state index in [1.807, 2.05) is 0 Å². The fourth-order valence-corrected chi connectivity index (χ4v) is 2.14. The van der Waals surface area contributed by atoms with Crippen LogP contribution in [0.2, 0.25) is 13.1 Å². The maximum atomic E-state index is 10.5. The van der Waals surface area contributed by atoms with E-state index in [4.69, 9.17) is 8.85 Å². The molecule has 0 aliphatic carbocycles. The third-order valence-corrected chi connectivity index (χ3v) is 2.34. The molecule has 0 rings (SSSR count). The molecule has 0 heterocycles. The predicted octanol–water partition coefficient (Wildman–Crippen LogP) is 0.814. The molecule has 0 aromatic heterocycles. The van der Waals surface area contributed by atoms with Gasteiger partial charge in [0.25, 0.3) is 11.9 Å². The van der Waals surface area contributed by atoms with Gasteiger partial charge >= 0.3 is 8.56 Å². The van der Waals surface area contributed by atoms with Crippen LogP contribution in [0, 0.1) is 0 Å². The van der Waals surface area contributed by atoms with Crippen LogP contribution in [0.15, 0.2) is 0 Å². The molecule has 0 spiro atoms. The molecule has 0 aromatic carbocycles. The van der Waals surface area contributed by atoms with Gasteiger partial charge in [-0.15, -0.1) is 0 Å². The highest BCUT2D eigenvalue weighted by atomic mass is 28.4. The van der Waals surface area contributed by atoms with E-state index in [0.717, 1.165) is 0 Å². The molecule has 5 heteroatoms. The minimum absolute atomic E-state index is 0.414. The Morgan fingerprint density at radius 1 is 1.00 bits per heavy atom. The molecule has 0 saturated heterocycles. The highest BCUT2D eigenvalue weighted by molar-refractivity contribution is 6.67. The van der Waals surface area contributed by atoms with E-state index in [-0.39, 0.29) is 0 Å². The summed E-state index contributed by atoms with van der Waals surface area (Å²) < 4.78 is 9.61. The molecule has 0 atom stereocenters. The fraction of sp³-hybridized carbons (Fsp3) is 0.667. The first-order valence-electron chi connectivity index (χ1n) is 3.22. The summed E-state index contributed by atoms with van der Waals surface area (Å²) in [4.78, 5) is 20.9. The molecule has 0 aromatic rings. The standard InChI is InChI=1S/C6H12O4Si/c1-5(7)9-11(3,4)10-6(2)8/h1-4H3. The predicted molar refractivity (Wildman–Crippen MR) is 41.0 cm³/mol. The topological polar surface area (TPSA) is 52.6 Å². The van der Waals surface area contributed by atoms with Crippen LogP contribution in [0.4, 0.5) is 0 Å². The Hall–Kier alpha value is -0.843. The zero-order chi connectivity index (χ0) is 9.07. The molecular formula is C6H12O4Si. The first kappa shape index (κ1) is 10.2. The zero-order valence-electron chi connectivity index (χ0n) is 7.13. The van der Waals surface area contributed by atoms with Crippen LogP contribution in [-0.2, 0) is 18.4 Å². The highest BCUT2D eigenvalue weighted by Crippen LogP contribution is 2.06. The van der Waals surface area contributed by atoms with Gasteiger partial charge < -0.3 is 8.85 Å². The fourth-order valence-electron chi connectivity index (χ4n) is 0.713. The lowest BCUT2D eigenvalue weighted by atomic mass is 10.9. The van der Waals surface area contributed by atoms with E-state index < -0.39 is 20.5 Å². The van der Waals surface area contributed by atoms with Crippen LogP contribution in [0.5, 0.6) is 0 Å². The third kappa shape index (κ3) is 5.59. The summed E-state index contributed by atoms with van der Waals surface area (Å²) in [5.41, 5.74) is 0. The van der Waals surface area contributed by atoms with Crippen molar-refractivity contribution in [3.8, 4) is 0 Å². The van der Waals surface area contributed by atoms with Crippen LogP contribution in [0.25, 0.3) is 0 Å². The quantitative estimate of drug-likeness (QED) is 0.584. The van der Waals surface area contributed by atoms with E-state index in [2.05, 4.69) is 0 Å². The molecule has 0 aliphatic rings. The van der Waals surface area contributed by atoms with E-state index in [1.165, 1.54) is 13.8 Å². The molecule has 0 aliphatic heterocycles. The van der Waals surface area contributed by atoms with Gasteiger partial charge in [0, 0.05) is 26.9 Å². The first-order valence-corrected chi connectivity index (χ1v) is 6.04. The van der Waals surface area contributed by atoms with Gasteiger partial charge in [-0.25, -0.2) is 0 Å². The lowest BCUT2D eigenvalue weighted by Gasteiger charge is -2.19. The third-order valence-electron chi connectivity index (χ3n) is 0.779. The Kier molecular flexibility index (Phi) is 3.25. The summed E-state index contributed by atoms with van der Waals surface area (Å²) in [6.07, 6.45) is 0. The van der Waals surface area contributed by atoms with Crippen LogP contribution >= 0.6 is 0 Å². The summed E-state index contributed by atoms with van der Waals surface area (Å²) in [5.74, 6) is -0.828. The summed E-state index contributed by atoms with van der Waals surface area (Å²) in [5, 5.41) is 0. The van der Waals surface area contributed by atoms with Crippen molar-refractivity contribution in [3.05, 3.63) is 0 Å². The maximum Gasteiger partial charge on any atom is 0.457 e. The van der Waals surface area contributed by atoms with Gasteiger partial charge in [-0.3, -0.25) is 9.59 Å². The number of carbonyl (C=O) groups excluding carboxylic acids is 2. The molecule has 0 N–H and O–H groups in total. The molecular weight excluding hydrogens is 164 g/mol. The Morgan fingerprint density at radius 2 is 1.27 bits per heavy atom. The van der Waals surface area contributed by atoms with Gasteiger partial charge in [-0.1, -0.05) is 0 Å². The van der Waals surface area contributed by atoms with Crippen LogP contribution in [0.3, 0.4) is 0 Å². The lowest BCUT2D eigenvalue weighted by molar-refractivity contribution is -0.138. The Balaban J connectivity index is 3.99. The molecule has 4 nitrogen and oxygen atoms in total. The van der Waals surface area contributed by atoms with Crippen molar-refractivity contribution >= 4 is 20.5 Å². The number of hydrogen-bond donors (Lipinski definition) is 0. The number of carbonyl (C=O) groups is 2. The lowest BCUT2D eigenvalue weighted by Crippen LogP contribution is -2.38. The minimum Gasteiger partial charge on any atom is -0.485 e. The van der Waals surface area contributed by atoms with Crippen LogP contribution < -0.4 is 0 Å². The molecule has 0 fully saturated rings. The second kappa shape index (κ2) is 3.52. The van der Waals surface area contributed by atoms with Crippen molar-refractivity contribution in [1.82, 2.24) is 0 Å². The maximum absolute atomic E-state index is 10.5. The monoisotopic (exact) mass is 176 g/mol. The van der Waals surface area contributed by atoms with Gasteiger partial charge in [0.15, 0.2) is 0 Å². The molecule has 0 saturated carbocycles. The van der Waals surface area contributed by atoms with Crippen LogP contribution in [-0.4, -0.2) is 20.5 Å². The number of rotatable bonds is 2. The van der Waals surface area contributed by atoms with E-state index in [9.17, 15) is 9.59 Å². The molecule has 11 heavy (non-hydrogen) atoms. The Bertz CT molecular complexity index is 157. The largest absolute Gasteiger partial charge is 0.485 e. The molecule has 64 valence electrons. The SMILES string of the molecule is CC(=O)O[Si](C)(C)OC(C)=O. The van der Waals surface area contributed by atoms with Crippen molar-refractivity contribution in [2.45, 2.75) is 26.9 Å². The van der Waals surface area contributed by atoms with E-state index >= 15 is 0 Å². The van der Waals surface area contributed by atoms with Crippen molar-refractivity contribution in [1.29, 1.82) is 0 Å². The average molecular weight is 176 g/mol. The van der Waals surface area contributed by atoms with Crippen LogP contribution in [0.1, 0.15) is 13.8 Å². The van der Waals surface area contributed by atoms with Gasteiger partial charge in [-0.2, -0.15) is 0 Å². The highest BCUT2D eigenvalue weighted by Gasteiger charge is 2.30. The minimum atomic E-state index is -2.53. The van der Waals surface area contributed by atoms with Gasteiger partial charge in [0.1, 0.15) is 0 Å². The summed E-state index contributed by atoms with van der Waals surface area (Å²) in [7, 11) is -2.53. The Labute approximate surface area is 66.7 Å². The van der Waals surface area contributed by atoms with Gasteiger partial charge in [-0.05, 0) is 0 Å². The summed E-state index contributed by atoms with van der Waals surface area (Å²) >= 11 is 0.